The predicted octanol–water partition coefficient (Wildman–Crippen LogP) is 1.49. The highest BCUT2D eigenvalue weighted by molar-refractivity contribution is 6.01. The summed E-state index contributed by atoms with van der Waals surface area (Å²) in [6.45, 7) is 2.85. The van der Waals surface area contributed by atoms with Crippen LogP contribution in [0.15, 0.2) is 24.4 Å². The monoisotopic (exact) mass is 244 g/mol. The molecule has 1 aromatic carbocycles. The molecule has 5 nitrogen and oxygen atoms in total. The predicted molar refractivity (Wildman–Crippen MR) is 70.2 cm³/mol. The lowest BCUT2D eigenvalue weighted by Crippen LogP contribution is -2.37. The molecule has 1 aromatic heterocycles. The molecule has 18 heavy (non-hydrogen) atoms. The summed E-state index contributed by atoms with van der Waals surface area (Å²) < 4.78 is 1.90. The van der Waals surface area contributed by atoms with Crippen molar-refractivity contribution in [1.82, 2.24) is 9.78 Å². The molecule has 1 amide bonds. The van der Waals surface area contributed by atoms with Gasteiger partial charge in [0, 0.05) is 17.6 Å². The van der Waals surface area contributed by atoms with Crippen LogP contribution in [0.25, 0.3) is 10.9 Å². The average Bonchev–Trinajstić information content (AvgIpc) is 3.00. The molecule has 3 N–H and O–H groups in total. The zero-order valence-corrected chi connectivity index (χ0v) is 10.3. The van der Waals surface area contributed by atoms with Gasteiger partial charge in [0.2, 0.25) is 5.91 Å². The lowest BCUT2D eigenvalue weighted by Gasteiger charge is -2.10. The van der Waals surface area contributed by atoms with Gasteiger partial charge in [-0.3, -0.25) is 9.48 Å². The van der Waals surface area contributed by atoms with Crippen LogP contribution in [0.2, 0.25) is 0 Å². The summed E-state index contributed by atoms with van der Waals surface area (Å²) in [4.78, 5) is 11.9. The van der Waals surface area contributed by atoms with Gasteiger partial charge in [-0.15, -0.1) is 0 Å². The zero-order chi connectivity index (χ0) is 12.8. The summed E-state index contributed by atoms with van der Waals surface area (Å²) in [7, 11) is 0. The highest BCUT2D eigenvalue weighted by Crippen LogP contribution is 2.33. The first-order chi connectivity index (χ1) is 8.62. The number of aromatic nitrogens is 2. The van der Waals surface area contributed by atoms with Crippen molar-refractivity contribution >= 4 is 22.5 Å². The Balaban J connectivity index is 1.90. The smallest absolute Gasteiger partial charge is 0.244 e. The van der Waals surface area contributed by atoms with Crippen molar-refractivity contribution < 1.29 is 4.79 Å². The van der Waals surface area contributed by atoms with Crippen molar-refractivity contribution in [1.29, 1.82) is 0 Å². The Morgan fingerprint density at radius 2 is 2.33 bits per heavy atom. The molecule has 0 saturated heterocycles. The summed E-state index contributed by atoms with van der Waals surface area (Å²) in [6, 6.07) is 5.78. The molecule has 1 heterocycles. The number of aryl methyl sites for hydroxylation is 1. The molecule has 0 radical (unpaired) electrons. The van der Waals surface area contributed by atoms with E-state index in [-0.39, 0.29) is 5.91 Å². The van der Waals surface area contributed by atoms with Gasteiger partial charge in [0.25, 0.3) is 0 Å². The quantitative estimate of drug-likeness (QED) is 0.859. The van der Waals surface area contributed by atoms with Gasteiger partial charge in [0.15, 0.2) is 0 Å². The van der Waals surface area contributed by atoms with Crippen LogP contribution in [0.3, 0.4) is 0 Å². The molecule has 2 aromatic rings. The Labute approximate surface area is 105 Å². The lowest BCUT2D eigenvalue weighted by atomic mass is 10.2. The van der Waals surface area contributed by atoms with Crippen LogP contribution in [-0.2, 0) is 11.3 Å². The molecule has 1 aliphatic carbocycles. The number of carbonyl (C=O) groups excluding carboxylic acids is 1. The normalized spacial score (nSPS) is 16.8. The second-order valence-corrected chi connectivity index (χ2v) is 4.84. The van der Waals surface area contributed by atoms with Crippen LogP contribution in [0.1, 0.15) is 19.8 Å². The molecule has 0 aliphatic heterocycles. The fraction of sp³-hybridized carbons (Fsp3) is 0.385. The van der Waals surface area contributed by atoms with Gasteiger partial charge >= 0.3 is 0 Å². The maximum atomic E-state index is 11.9. The topological polar surface area (TPSA) is 72.9 Å². The fourth-order valence-electron chi connectivity index (χ4n) is 2.02. The van der Waals surface area contributed by atoms with Crippen LogP contribution < -0.4 is 11.1 Å². The van der Waals surface area contributed by atoms with Crippen LogP contribution in [0.5, 0.6) is 0 Å². The molecule has 5 heteroatoms. The Morgan fingerprint density at radius 1 is 1.56 bits per heavy atom. The van der Waals surface area contributed by atoms with Gasteiger partial charge in [-0.05, 0) is 38.0 Å². The van der Waals surface area contributed by atoms with E-state index >= 15 is 0 Å². The zero-order valence-electron chi connectivity index (χ0n) is 10.3. The van der Waals surface area contributed by atoms with E-state index in [2.05, 4.69) is 10.4 Å². The van der Waals surface area contributed by atoms with E-state index in [1.807, 2.05) is 36.0 Å². The van der Waals surface area contributed by atoms with Crippen LogP contribution >= 0.6 is 0 Å². The van der Waals surface area contributed by atoms with E-state index < -0.39 is 5.54 Å². The number of anilines is 1. The minimum Gasteiger partial charge on any atom is -0.324 e. The highest BCUT2D eigenvalue weighted by Gasteiger charge is 2.45. The summed E-state index contributed by atoms with van der Waals surface area (Å²) in [6.07, 6.45) is 3.37. The number of rotatable bonds is 3. The summed E-state index contributed by atoms with van der Waals surface area (Å²) in [5.41, 5.74) is 7.02. The minimum absolute atomic E-state index is 0.0931. The first-order valence-corrected chi connectivity index (χ1v) is 6.18. The van der Waals surface area contributed by atoms with Crippen LogP contribution in [-0.4, -0.2) is 21.2 Å². The van der Waals surface area contributed by atoms with Crippen molar-refractivity contribution in [3.8, 4) is 0 Å². The van der Waals surface area contributed by atoms with Crippen molar-refractivity contribution in [3.05, 3.63) is 24.4 Å². The number of fused-ring (bicyclic) bond motifs is 1. The fourth-order valence-corrected chi connectivity index (χ4v) is 2.02. The molecule has 1 aliphatic rings. The second kappa shape index (κ2) is 3.81. The van der Waals surface area contributed by atoms with Gasteiger partial charge in [0.05, 0.1) is 17.3 Å². The number of amides is 1. The highest BCUT2D eigenvalue weighted by atomic mass is 16.2. The average molecular weight is 244 g/mol. The standard InChI is InChI=1S/C13H16N4O/c1-2-17-11-7-10(4-3-9(11)8-15-17)16-12(18)13(14)5-6-13/h3-4,7-8H,2,5-6,14H2,1H3,(H,16,18). The number of nitrogens with two attached hydrogens (primary N) is 1. The third-order valence-electron chi connectivity index (χ3n) is 3.44. The van der Waals surface area contributed by atoms with E-state index in [1.165, 1.54) is 0 Å². The first-order valence-electron chi connectivity index (χ1n) is 6.18. The lowest BCUT2D eigenvalue weighted by molar-refractivity contribution is -0.118. The van der Waals surface area contributed by atoms with E-state index in [0.717, 1.165) is 36.0 Å². The van der Waals surface area contributed by atoms with Crippen molar-refractivity contribution in [2.24, 2.45) is 5.73 Å². The Hall–Kier alpha value is -1.88. The molecular weight excluding hydrogens is 228 g/mol. The van der Waals surface area contributed by atoms with Gasteiger partial charge in [-0.2, -0.15) is 5.10 Å². The van der Waals surface area contributed by atoms with Gasteiger partial charge < -0.3 is 11.1 Å². The van der Waals surface area contributed by atoms with E-state index in [4.69, 9.17) is 5.73 Å². The number of carbonyl (C=O) groups is 1. The third kappa shape index (κ3) is 1.76. The molecule has 0 unspecified atom stereocenters. The Kier molecular flexibility index (Phi) is 2.38. The van der Waals surface area contributed by atoms with E-state index in [9.17, 15) is 4.79 Å². The number of benzene rings is 1. The van der Waals surface area contributed by atoms with E-state index in [0.29, 0.717) is 0 Å². The number of hydrogen-bond acceptors (Lipinski definition) is 3. The molecule has 94 valence electrons. The maximum Gasteiger partial charge on any atom is 0.244 e. The number of hydrogen-bond donors (Lipinski definition) is 2. The summed E-state index contributed by atoms with van der Waals surface area (Å²) >= 11 is 0. The summed E-state index contributed by atoms with van der Waals surface area (Å²) in [5.74, 6) is -0.0931. The van der Waals surface area contributed by atoms with Gasteiger partial charge in [-0.1, -0.05) is 0 Å². The van der Waals surface area contributed by atoms with Crippen molar-refractivity contribution in [2.45, 2.75) is 31.8 Å². The Morgan fingerprint density at radius 3 is 3.00 bits per heavy atom. The third-order valence-corrected chi connectivity index (χ3v) is 3.44. The summed E-state index contributed by atoms with van der Waals surface area (Å²) in [5, 5.41) is 8.22. The molecule has 0 bridgehead atoms. The molecule has 0 spiro atoms. The van der Waals surface area contributed by atoms with Crippen LogP contribution in [0, 0.1) is 0 Å². The number of nitrogens with zero attached hydrogens (tertiary/aromatic N) is 2. The van der Waals surface area contributed by atoms with Crippen molar-refractivity contribution in [2.75, 3.05) is 5.32 Å². The number of nitrogens with one attached hydrogen (secondary N) is 1. The molecule has 1 fully saturated rings. The first kappa shape index (κ1) is 11.2. The Bertz CT molecular complexity index is 612. The van der Waals surface area contributed by atoms with Crippen molar-refractivity contribution in [3.63, 3.8) is 0 Å². The van der Waals surface area contributed by atoms with Gasteiger partial charge in [-0.25, -0.2) is 0 Å². The molecule has 0 atom stereocenters. The minimum atomic E-state index is -0.639. The van der Waals surface area contributed by atoms with Gasteiger partial charge in [0.1, 0.15) is 0 Å². The van der Waals surface area contributed by atoms with Crippen LogP contribution in [0.4, 0.5) is 5.69 Å². The molecule has 1 saturated carbocycles. The molecule has 3 rings (SSSR count). The second-order valence-electron chi connectivity index (χ2n) is 4.84. The maximum absolute atomic E-state index is 11.9. The SMILES string of the molecule is CCn1ncc2ccc(NC(=O)C3(N)CC3)cc21. The van der Waals surface area contributed by atoms with E-state index in [1.54, 1.807) is 0 Å². The molecular formula is C13H16N4O. The largest absolute Gasteiger partial charge is 0.324 e.